The van der Waals surface area contributed by atoms with Crippen LogP contribution in [0.2, 0.25) is 0 Å². The van der Waals surface area contributed by atoms with Crippen LogP contribution < -0.4 is 10.2 Å². The second-order valence-corrected chi connectivity index (χ2v) is 5.90. The van der Waals surface area contributed by atoms with Gasteiger partial charge < -0.3 is 20.2 Å². The number of halogens is 1. The summed E-state index contributed by atoms with van der Waals surface area (Å²) in [5, 5.41) is 12.1. The van der Waals surface area contributed by atoms with Crippen LogP contribution in [0.4, 0.5) is 14.9 Å². The fourth-order valence-corrected chi connectivity index (χ4v) is 2.99. The number of carbonyl (C=O) groups excluding carboxylic acids is 1. The fourth-order valence-electron chi connectivity index (χ4n) is 2.99. The molecule has 0 saturated carbocycles. The second kappa shape index (κ2) is 8.72. The van der Waals surface area contributed by atoms with E-state index in [0.717, 1.165) is 25.8 Å². The topological polar surface area (TPSA) is 55.8 Å². The van der Waals surface area contributed by atoms with Gasteiger partial charge in [0.15, 0.2) is 0 Å². The van der Waals surface area contributed by atoms with Crippen LogP contribution >= 0.6 is 0 Å². The first-order chi connectivity index (χ1) is 11.2. The maximum atomic E-state index is 13.9. The number of urea groups is 1. The lowest BCUT2D eigenvalue weighted by Gasteiger charge is -2.36. The Balaban J connectivity index is 1.95. The van der Waals surface area contributed by atoms with Crippen molar-refractivity contribution in [1.29, 1.82) is 0 Å². The van der Waals surface area contributed by atoms with Gasteiger partial charge >= 0.3 is 6.03 Å². The van der Waals surface area contributed by atoms with Crippen molar-refractivity contribution in [3.05, 3.63) is 30.1 Å². The number of piperidine rings is 1. The molecule has 0 spiro atoms. The highest BCUT2D eigenvalue weighted by Gasteiger charge is 2.24. The Hall–Kier alpha value is -1.82. The van der Waals surface area contributed by atoms with Crippen molar-refractivity contribution in [1.82, 2.24) is 10.2 Å². The van der Waals surface area contributed by atoms with E-state index in [0.29, 0.717) is 25.3 Å². The van der Waals surface area contributed by atoms with Crippen molar-refractivity contribution >= 4 is 11.7 Å². The average molecular weight is 323 g/mol. The van der Waals surface area contributed by atoms with Gasteiger partial charge in [0.25, 0.3) is 0 Å². The Bertz CT molecular complexity index is 506. The molecule has 1 atom stereocenters. The molecular formula is C17H26FN3O2. The third kappa shape index (κ3) is 4.82. The van der Waals surface area contributed by atoms with Crippen molar-refractivity contribution in [2.45, 2.75) is 32.2 Å². The number of hydrogen-bond acceptors (Lipinski definition) is 3. The van der Waals surface area contributed by atoms with Gasteiger partial charge in [0.05, 0.1) is 12.3 Å². The molecule has 1 aliphatic rings. The molecule has 5 nitrogen and oxygen atoms in total. The molecule has 0 aliphatic carbocycles. The monoisotopic (exact) mass is 323 g/mol. The highest BCUT2D eigenvalue weighted by Crippen LogP contribution is 2.22. The number of aliphatic hydroxyl groups is 1. The zero-order chi connectivity index (χ0) is 16.7. The molecule has 6 heteroatoms. The molecule has 1 aromatic rings. The summed E-state index contributed by atoms with van der Waals surface area (Å²) in [5.41, 5.74) is 0.590. The summed E-state index contributed by atoms with van der Waals surface area (Å²) < 4.78 is 13.9. The third-order valence-electron chi connectivity index (χ3n) is 4.09. The van der Waals surface area contributed by atoms with E-state index in [1.165, 1.54) is 6.07 Å². The van der Waals surface area contributed by atoms with E-state index in [4.69, 9.17) is 5.11 Å². The molecule has 23 heavy (non-hydrogen) atoms. The number of amides is 2. The Morgan fingerprint density at radius 2 is 2.22 bits per heavy atom. The van der Waals surface area contributed by atoms with Gasteiger partial charge in [-0.3, -0.25) is 0 Å². The molecule has 0 radical (unpaired) electrons. The number of anilines is 1. The lowest BCUT2D eigenvalue weighted by Crippen LogP contribution is -2.52. The molecule has 0 aromatic heterocycles. The molecule has 2 rings (SSSR count). The summed E-state index contributed by atoms with van der Waals surface area (Å²) in [7, 11) is 0. The van der Waals surface area contributed by atoms with Gasteiger partial charge in [0, 0.05) is 32.2 Å². The van der Waals surface area contributed by atoms with Crippen molar-refractivity contribution in [2.75, 3.05) is 37.7 Å². The second-order valence-electron chi connectivity index (χ2n) is 5.90. The molecule has 1 unspecified atom stereocenters. The first-order valence-electron chi connectivity index (χ1n) is 8.31. The summed E-state index contributed by atoms with van der Waals surface area (Å²) >= 11 is 0. The largest absolute Gasteiger partial charge is 0.395 e. The number of rotatable bonds is 6. The maximum Gasteiger partial charge on any atom is 0.317 e. The van der Waals surface area contributed by atoms with Gasteiger partial charge in [-0.15, -0.1) is 0 Å². The fraction of sp³-hybridized carbons (Fsp3) is 0.588. The van der Waals surface area contributed by atoms with Crippen LogP contribution in [-0.2, 0) is 0 Å². The van der Waals surface area contributed by atoms with Crippen molar-refractivity contribution in [3.8, 4) is 0 Å². The van der Waals surface area contributed by atoms with E-state index in [1.807, 2.05) is 17.9 Å². The predicted octanol–water partition coefficient (Wildman–Crippen LogP) is 2.21. The number of carbonyl (C=O) groups is 1. The highest BCUT2D eigenvalue weighted by molar-refractivity contribution is 5.74. The van der Waals surface area contributed by atoms with Crippen molar-refractivity contribution in [3.63, 3.8) is 0 Å². The first-order valence-corrected chi connectivity index (χ1v) is 8.31. The molecule has 1 fully saturated rings. The van der Waals surface area contributed by atoms with Gasteiger partial charge in [0.1, 0.15) is 5.82 Å². The number of para-hydroxylation sites is 1. The number of hydrogen-bond donors (Lipinski definition) is 2. The van der Waals surface area contributed by atoms with E-state index < -0.39 is 0 Å². The average Bonchev–Trinajstić information content (AvgIpc) is 2.55. The minimum Gasteiger partial charge on any atom is -0.395 e. The maximum absolute atomic E-state index is 13.9. The van der Waals surface area contributed by atoms with Crippen LogP contribution in [0.5, 0.6) is 0 Å². The normalized spacial score (nSPS) is 17.9. The predicted molar refractivity (Wildman–Crippen MR) is 89.1 cm³/mol. The van der Waals surface area contributed by atoms with E-state index in [2.05, 4.69) is 5.32 Å². The summed E-state index contributed by atoms with van der Waals surface area (Å²) in [5.74, 6) is -0.229. The Morgan fingerprint density at radius 1 is 1.43 bits per heavy atom. The minimum atomic E-state index is -0.229. The van der Waals surface area contributed by atoms with Crippen molar-refractivity contribution in [2.24, 2.45) is 0 Å². The van der Waals surface area contributed by atoms with Gasteiger partial charge in [-0.25, -0.2) is 9.18 Å². The van der Waals surface area contributed by atoms with Crippen molar-refractivity contribution < 1.29 is 14.3 Å². The molecule has 2 N–H and O–H groups in total. The third-order valence-corrected chi connectivity index (χ3v) is 4.09. The molecule has 2 amide bonds. The van der Waals surface area contributed by atoms with Crippen LogP contribution in [0.1, 0.15) is 26.2 Å². The van der Waals surface area contributed by atoms with Crippen LogP contribution in [0.25, 0.3) is 0 Å². The van der Waals surface area contributed by atoms with E-state index in [-0.39, 0.29) is 24.5 Å². The zero-order valence-electron chi connectivity index (χ0n) is 13.7. The Kier molecular flexibility index (Phi) is 6.65. The van der Waals surface area contributed by atoms with Crippen LogP contribution in [0.15, 0.2) is 24.3 Å². The number of nitrogens with one attached hydrogen (secondary N) is 1. The lowest BCUT2D eigenvalue weighted by molar-refractivity contribution is 0.173. The van der Waals surface area contributed by atoms with E-state index >= 15 is 0 Å². The quantitative estimate of drug-likeness (QED) is 0.844. The molecule has 1 heterocycles. The molecule has 1 saturated heterocycles. The van der Waals surface area contributed by atoms with Crippen LogP contribution in [-0.4, -0.2) is 54.9 Å². The van der Waals surface area contributed by atoms with Gasteiger partial charge in [-0.1, -0.05) is 19.1 Å². The summed E-state index contributed by atoms with van der Waals surface area (Å²) in [6.45, 7) is 4.31. The minimum absolute atomic E-state index is 0.00564. The summed E-state index contributed by atoms with van der Waals surface area (Å²) in [4.78, 5) is 15.9. The van der Waals surface area contributed by atoms with Crippen LogP contribution in [0, 0.1) is 5.82 Å². The summed E-state index contributed by atoms with van der Waals surface area (Å²) in [6, 6.07) is 6.58. The Labute approximate surface area is 137 Å². The lowest BCUT2D eigenvalue weighted by atomic mass is 10.0. The standard InChI is InChI=1S/C17H26FN3O2/c1-2-9-20(11-12-22)17(23)19-14-6-5-10-21(13-14)16-8-4-3-7-15(16)18/h3-4,7-8,14,22H,2,5-6,9-13H2,1H3,(H,19,23). The Morgan fingerprint density at radius 3 is 2.91 bits per heavy atom. The van der Waals surface area contributed by atoms with E-state index in [9.17, 15) is 9.18 Å². The van der Waals surface area contributed by atoms with Crippen LogP contribution in [0.3, 0.4) is 0 Å². The highest BCUT2D eigenvalue weighted by atomic mass is 19.1. The van der Waals surface area contributed by atoms with Gasteiger partial charge in [-0.2, -0.15) is 0 Å². The first kappa shape index (κ1) is 17.5. The van der Waals surface area contributed by atoms with Gasteiger partial charge in [-0.05, 0) is 31.4 Å². The number of benzene rings is 1. The van der Waals surface area contributed by atoms with Gasteiger partial charge in [0.2, 0.25) is 0 Å². The molecular weight excluding hydrogens is 297 g/mol. The number of aliphatic hydroxyl groups excluding tert-OH is 1. The summed E-state index contributed by atoms with van der Waals surface area (Å²) in [6.07, 6.45) is 2.64. The molecule has 1 aromatic carbocycles. The molecule has 0 bridgehead atoms. The molecule has 128 valence electrons. The zero-order valence-corrected chi connectivity index (χ0v) is 13.7. The smallest absolute Gasteiger partial charge is 0.317 e. The SMILES string of the molecule is CCCN(CCO)C(=O)NC1CCCN(c2ccccc2F)C1. The molecule has 1 aliphatic heterocycles. The number of nitrogens with zero attached hydrogens (tertiary/aromatic N) is 2. The van der Waals surface area contributed by atoms with E-state index in [1.54, 1.807) is 17.0 Å².